The minimum absolute atomic E-state index is 0.0124. The lowest BCUT2D eigenvalue weighted by Gasteiger charge is -2.41. The van der Waals surface area contributed by atoms with Crippen LogP contribution in [0, 0.1) is 0 Å². The van der Waals surface area contributed by atoms with Crippen molar-refractivity contribution in [1.29, 1.82) is 0 Å². The lowest BCUT2D eigenvalue weighted by atomic mass is 10.0. The second-order valence-electron chi connectivity index (χ2n) is 7.30. The van der Waals surface area contributed by atoms with E-state index in [0.717, 1.165) is 30.2 Å². The molecule has 1 aliphatic heterocycles. The number of hydrogen-bond acceptors (Lipinski definition) is 4. The number of nitrogens with zero attached hydrogens (tertiary/aromatic N) is 3. The molecule has 2 aliphatic rings. The van der Waals surface area contributed by atoms with Crippen LogP contribution in [0.4, 0.5) is 0 Å². The smallest absolute Gasteiger partial charge is 0.274 e. The summed E-state index contributed by atoms with van der Waals surface area (Å²) in [5.41, 5.74) is 2.60. The van der Waals surface area contributed by atoms with Crippen molar-refractivity contribution in [2.24, 2.45) is 0 Å². The fraction of sp³-hybridized carbons (Fsp3) is 0.333. The van der Waals surface area contributed by atoms with Crippen LogP contribution in [0.25, 0.3) is 10.6 Å². The zero-order valence-electron chi connectivity index (χ0n) is 15.0. The maximum atomic E-state index is 13.3. The van der Waals surface area contributed by atoms with Gasteiger partial charge in [-0.3, -0.25) is 14.8 Å². The number of carbonyl (C=O) groups is 1. The van der Waals surface area contributed by atoms with Crippen LogP contribution in [0.15, 0.2) is 53.9 Å². The summed E-state index contributed by atoms with van der Waals surface area (Å²) in [4.78, 5) is 18.9. The molecule has 3 heterocycles. The monoisotopic (exact) mass is 378 g/mol. The summed E-state index contributed by atoms with van der Waals surface area (Å²) in [6, 6.07) is 17.1. The number of amides is 1. The Morgan fingerprint density at radius 1 is 1.11 bits per heavy atom. The van der Waals surface area contributed by atoms with Gasteiger partial charge >= 0.3 is 0 Å². The summed E-state index contributed by atoms with van der Waals surface area (Å²) >= 11 is 1.64. The van der Waals surface area contributed by atoms with E-state index >= 15 is 0 Å². The highest BCUT2D eigenvalue weighted by Gasteiger charge is 2.38. The van der Waals surface area contributed by atoms with Gasteiger partial charge in [0.15, 0.2) is 5.69 Å². The first-order valence-electron chi connectivity index (χ1n) is 9.49. The molecular weight excluding hydrogens is 356 g/mol. The quantitative estimate of drug-likeness (QED) is 0.751. The molecule has 6 heteroatoms. The Balaban J connectivity index is 1.42. The molecule has 5 nitrogen and oxygen atoms in total. The summed E-state index contributed by atoms with van der Waals surface area (Å²) in [7, 11) is 0. The maximum absolute atomic E-state index is 13.3. The number of nitrogens with one attached hydrogen (secondary N) is 1. The minimum atomic E-state index is 0.0124. The molecule has 1 saturated heterocycles. The number of aromatic nitrogens is 2. The number of benzene rings is 1. The third kappa shape index (κ3) is 3.31. The highest BCUT2D eigenvalue weighted by molar-refractivity contribution is 7.13. The Bertz CT molecular complexity index is 917. The minimum Gasteiger partial charge on any atom is -0.328 e. The third-order valence-corrected chi connectivity index (χ3v) is 6.41. The number of piperazine rings is 1. The van der Waals surface area contributed by atoms with E-state index in [1.165, 1.54) is 18.4 Å². The van der Waals surface area contributed by atoms with E-state index < -0.39 is 0 Å². The van der Waals surface area contributed by atoms with E-state index in [0.29, 0.717) is 11.7 Å². The Hall–Kier alpha value is -2.44. The van der Waals surface area contributed by atoms with Crippen molar-refractivity contribution in [1.82, 2.24) is 20.0 Å². The topological polar surface area (TPSA) is 52.2 Å². The zero-order valence-corrected chi connectivity index (χ0v) is 15.9. The van der Waals surface area contributed by atoms with Crippen LogP contribution in [0.2, 0.25) is 0 Å². The van der Waals surface area contributed by atoms with Gasteiger partial charge in [0.05, 0.1) is 16.6 Å². The molecule has 5 rings (SSSR count). The summed E-state index contributed by atoms with van der Waals surface area (Å²) in [5.74, 6) is 0.0124. The van der Waals surface area contributed by atoms with E-state index in [-0.39, 0.29) is 11.9 Å². The summed E-state index contributed by atoms with van der Waals surface area (Å²) in [6.07, 6.45) is 2.58. The van der Waals surface area contributed by atoms with Gasteiger partial charge in [-0.1, -0.05) is 36.4 Å². The molecule has 0 bridgehead atoms. The van der Waals surface area contributed by atoms with Gasteiger partial charge in [-0.2, -0.15) is 5.10 Å². The number of carbonyl (C=O) groups excluding carboxylic acids is 1. The molecule has 0 spiro atoms. The lowest BCUT2D eigenvalue weighted by molar-refractivity contribution is 0.0427. The van der Waals surface area contributed by atoms with Crippen molar-refractivity contribution >= 4 is 17.2 Å². The summed E-state index contributed by atoms with van der Waals surface area (Å²) < 4.78 is 0. The predicted octanol–water partition coefficient (Wildman–Crippen LogP) is 3.80. The standard InChI is InChI=1S/C21H22N4OS/c26-21(18-13-17(22-23-18)20-7-4-12-27-20)25-11-10-24(16-8-9-16)14-19(25)15-5-2-1-3-6-15/h1-7,12-13,16,19H,8-11,14H2,(H,22,23). The van der Waals surface area contributed by atoms with Crippen LogP contribution < -0.4 is 0 Å². The second kappa shape index (κ2) is 6.94. The van der Waals surface area contributed by atoms with Crippen LogP contribution in [-0.2, 0) is 0 Å². The van der Waals surface area contributed by atoms with E-state index in [9.17, 15) is 4.79 Å². The molecule has 1 unspecified atom stereocenters. The van der Waals surface area contributed by atoms with Crippen molar-refractivity contribution in [3.05, 3.63) is 65.2 Å². The molecule has 1 N–H and O–H groups in total. The van der Waals surface area contributed by atoms with Crippen molar-refractivity contribution in [3.63, 3.8) is 0 Å². The third-order valence-electron chi connectivity index (χ3n) is 5.50. The van der Waals surface area contributed by atoms with E-state index in [4.69, 9.17) is 0 Å². The first-order chi connectivity index (χ1) is 13.3. The van der Waals surface area contributed by atoms with E-state index in [2.05, 4.69) is 39.4 Å². The first kappa shape index (κ1) is 16.7. The van der Waals surface area contributed by atoms with Gasteiger partial charge < -0.3 is 4.90 Å². The Morgan fingerprint density at radius 2 is 1.96 bits per heavy atom. The van der Waals surface area contributed by atoms with Crippen LogP contribution in [0.3, 0.4) is 0 Å². The van der Waals surface area contributed by atoms with Gasteiger partial charge in [-0.05, 0) is 35.9 Å². The Morgan fingerprint density at radius 3 is 2.70 bits per heavy atom. The van der Waals surface area contributed by atoms with Crippen LogP contribution in [-0.4, -0.2) is 51.6 Å². The van der Waals surface area contributed by atoms with Crippen molar-refractivity contribution < 1.29 is 4.79 Å². The number of aromatic amines is 1. The van der Waals surface area contributed by atoms with Gasteiger partial charge in [0.25, 0.3) is 5.91 Å². The zero-order chi connectivity index (χ0) is 18.2. The predicted molar refractivity (Wildman–Crippen MR) is 107 cm³/mol. The fourth-order valence-corrected chi connectivity index (χ4v) is 4.61. The highest BCUT2D eigenvalue weighted by atomic mass is 32.1. The van der Waals surface area contributed by atoms with Crippen molar-refractivity contribution in [2.45, 2.75) is 24.9 Å². The lowest BCUT2D eigenvalue weighted by Crippen LogP contribution is -2.51. The molecule has 27 heavy (non-hydrogen) atoms. The molecule has 1 aliphatic carbocycles. The van der Waals surface area contributed by atoms with Crippen LogP contribution in [0.1, 0.15) is 34.9 Å². The molecule has 138 valence electrons. The van der Waals surface area contributed by atoms with Crippen LogP contribution >= 0.6 is 11.3 Å². The largest absolute Gasteiger partial charge is 0.328 e. The van der Waals surface area contributed by atoms with E-state index in [1.54, 1.807) is 11.3 Å². The molecule has 1 aromatic carbocycles. The Labute approximate surface area is 162 Å². The Kier molecular flexibility index (Phi) is 4.30. The maximum Gasteiger partial charge on any atom is 0.274 e. The summed E-state index contributed by atoms with van der Waals surface area (Å²) in [5, 5.41) is 9.37. The normalized spacial score (nSPS) is 20.7. The number of thiophene rings is 1. The average molecular weight is 379 g/mol. The molecule has 1 saturated carbocycles. The average Bonchev–Trinajstić information content (AvgIpc) is 3.20. The van der Waals surface area contributed by atoms with Gasteiger partial charge in [-0.25, -0.2) is 0 Å². The second-order valence-corrected chi connectivity index (χ2v) is 8.24. The number of rotatable bonds is 4. The molecule has 1 atom stereocenters. The highest BCUT2D eigenvalue weighted by Crippen LogP contribution is 2.34. The molecular formula is C21H22N4OS. The van der Waals surface area contributed by atoms with Crippen molar-refractivity contribution in [3.8, 4) is 10.6 Å². The van der Waals surface area contributed by atoms with E-state index in [1.807, 2.05) is 34.5 Å². The molecule has 2 fully saturated rings. The van der Waals surface area contributed by atoms with Gasteiger partial charge in [-0.15, -0.1) is 11.3 Å². The SMILES string of the molecule is O=C(c1cc(-c2cccs2)[nH]n1)N1CCN(C2CC2)CC1c1ccccc1. The molecule has 2 aromatic heterocycles. The fourth-order valence-electron chi connectivity index (χ4n) is 3.92. The van der Waals surface area contributed by atoms with Gasteiger partial charge in [0.2, 0.25) is 0 Å². The molecule has 0 radical (unpaired) electrons. The van der Waals surface area contributed by atoms with Gasteiger partial charge in [0.1, 0.15) is 0 Å². The first-order valence-corrected chi connectivity index (χ1v) is 10.4. The van der Waals surface area contributed by atoms with Crippen LogP contribution in [0.5, 0.6) is 0 Å². The van der Waals surface area contributed by atoms with Crippen molar-refractivity contribution in [2.75, 3.05) is 19.6 Å². The number of H-pyrrole nitrogens is 1. The summed E-state index contributed by atoms with van der Waals surface area (Å²) in [6.45, 7) is 2.60. The molecule has 1 amide bonds. The number of hydrogen-bond donors (Lipinski definition) is 1. The molecule has 3 aromatic rings. The van der Waals surface area contributed by atoms with Gasteiger partial charge in [0, 0.05) is 25.7 Å².